The highest BCUT2D eigenvalue weighted by atomic mass is 16.2. The van der Waals surface area contributed by atoms with Crippen LogP contribution in [-0.2, 0) is 4.79 Å². The third kappa shape index (κ3) is 4.94. The molecule has 1 fully saturated rings. The van der Waals surface area contributed by atoms with Crippen LogP contribution in [0.3, 0.4) is 0 Å². The number of rotatable bonds is 6. The maximum absolute atomic E-state index is 11.8. The fourth-order valence-electron chi connectivity index (χ4n) is 2.51. The van der Waals surface area contributed by atoms with E-state index in [-0.39, 0.29) is 29.9 Å². The molecule has 1 saturated heterocycles. The zero-order chi connectivity index (χ0) is 17.5. The molecular formula is C16H23N5O3. The fraction of sp³-hybridized carbons (Fsp3) is 0.500. The summed E-state index contributed by atoms with van der Waals surface area (Å²) in [4.78, 5) is 41.0. The number of carbonyl (C=O) groups is 3. The van der Waals surface area contributed by atoms with Gasteiger partial charge in [-0.05, 0) is 26.0 Å². The molecule has 0 spiro atoms. The Morgan fingerprint density at radius 2 is 2.08 bits per heavy atom. The summed E-state index contributed by atoms with van der Waals surface area (Å²) in [5.41, 5.74) is 0.472. The zero-order valence-corrected chi connectivity index (χ0v) is 13.9. The largest absolute Gasteiger partial charge is 0.350 e. The summed E-state index contributed by atoms with van der Waals surface area (Å²) < 4.78 is 0. The number of urea groups is 1. The van der Waals surface area contributed by atoms with Gasteiger partial charge in [0.05, 0.1) is 11.6 Å². The van der Waals surface area contributed by atoms with Gasteiger partial charge in [-0.15, -0.1) is 0 Å². The van der Waals surface area contributed by atoms with E-state index < -0.39 is 0 Å². The first kappa shape index (κ1) is 17.7. The number of nitrogens with zero attached hydrogens (tertiary/aromatic N) is 2. The lowest BCUT2D eigenvalue weighted by molar-refractivity contribution is -0.129. The third-order valence-corrected chi connectivity index (χ3v) is 3.74. The number of likely N-dealkylation sites (tertiary alicyclic amines) is 1. The highest BCUT2D eigenvalue weighted by molar-refractivity contribution is 5.93. The lowest BCUT2D eigenvalue weighted by Gasteiger charge is -2.21. The molecule has 0 unspecified atom stereocenters. The van der Waals surface area contributed by atoms with Crippen molar-refractivity contribution in [3.05, 3.63) is 30.1 Å². The predicted molar refractivity (Wildman–Crippen MR) is 88.4 cm³/mol. The lowest BCUT2D eigenvalue weighted by Crippen LogP contribution is -2.45. The fourth-order valence-corrected chi connectivity index (χ4v) is 2.51. The van der Waals surface area contributed by atoms with Crippen molar-refractivity contribution in [3.8, 4) is 0 Å². The molecule has 1 atom stereocenters. The highest BCUT2D eigenvalue weighted by Crippen LogP contribution is 2.13. The van der Waals surface area contributed by atoms with E-state index in [1.54, 1.807) is 23.2 Å². The average molecular weight is 333 g/mol. The molecule has 0 aromatic carbocycles. The number of amides is 4. The van der Waals surface area contributed by atoms with Crippen LogP contribution in [0, 0.1) is 0 Å². The van der Waals surface area contributed by atoms with Crippen LogP contribution in [-0.4, -0.2) is 59.4 Å². The van der Waals surface area contributed by atoms with Crippen LogP contribution in [0.2, 0.25) is 0 Å². The van der Waals surface area contributed by atoms with Gasteiger partial charge in [0.1, 0.15) is 0 Å². The predicted octanol–water partition coefficient (Wildman–Crippen LogP) is 0.120. The Morgan fingerprint density at radius 1 is 1.33 bits per heavy atom. The van der Waals surface area contributed by atoms with Crippen molar-refractivity contribution in [1.82, 2.24) is 25.8 Å². The topological polar surface area (TPSA) is 103 Å². The van der Waals surface area contributed by atoms with E-state index >= 15 is 0 Å². The van der Waals surface area contributed by atoms with Gasteiger partial charge in [0.15, 0.2) is 0 Å². The molecule has 4 amide bonds. The number of pyridine rings is 1. The van der Waals surface area contributed by atoms with Gasteiger partial charge >= 0.3 is 6.03 Å². The maximum Gasteiger partial charge on any atom is 0.315 e. The van der Waals surface area contributed by atoms with E-state index in [0.717, 1.165) is 0 Å². The minimum absolute atomic E-state index is 0.0547. The number of hydrogen-bond acceptors (Lipinski definition) is 4. The molecule has 8 heteroatoms. The van der Waals surface area contributed by atoms with Crippen molar-refractivity contribution in [2.24, 2.45) is 0 Å². The highest BCUT2D eigenvalue weighted by Gasteiger charge is 2.31. The quantitative estimate of drug-likeness (QED) is 0.643. The SMILES string of the molecule is CC(C)N1C[C@@H](NC(=O)NCCNC(=O)c2cccnc2)CC1=O. The maximum atomic E-state index is 11.8. The minimum atomic E-state index is -0.339. The summed E-state index contributed by atoms with van der Waals surface area (Å²) in [6.07, 6.45) is 3.40. The van der Waals surface area contributed by atoms with Crippen LogP contribution in [0.1, 0.15) is 30.6 Å². The van der Waals surface area contributed by atoms with Gasteiger partial charge in [-0.2, -0.15) is 0 Å². The van der Waals surface area contributed by atoms with Crippen molar-refractivity contribution in [3.63, 3.8) is 0 Å². The van der Waals surface area contributed by atoms with Gasteiger partial charge in [-0.1, -0.05) is 0 Å². The van der Waals surface area contributed by atoms with E-state index in [9.17, 15) is 14.4 Å². The van der Waals surface area contributed by atoms with E-state index in [2.05, 4.69) is 20.9 Å². The van der Waals surface area contributed by atoms with E-state index in [4.69, 9.17) is 0 Å². The molecule has 3 N–H and O–H groups in total. The lowest BCUT2D eigenvalue weighted by atomic mass is 10.2. The van der Waals surface area contributed by atoms with Crippen LogP contribution < -0.4 is 16.0 Å². The van der Waals surface area contributed by atoms with Crippen molar-refractivity contribution in [2.45, 2.75) is 32.4 Å². The van der Waals surface area contributed by atoms with Crippen LogP contribution in [0.5, 0.6) is 0 Å². The number of aromatic nitrogens is 1. The summed E-state index contributed by atoms with van der Waals surface area (Å²) in [6.45, 7) is 5.04. The molecule has 0 radical (unpaired) electrons. The van der Waals surface area contributed by atoms with Gasteiger partial charge in [0, 0.05) is 44.5 Å². The summed E-state index contributed by atoms with van der Waals surface area (Å²) in [7, 11) is 0. The Morgan fingerprint density at radius 3 is 2.71 bits per heavy atom. The summed E-state index contributed by atoms with van der Waals surface area (Å²) in [5, 5.41) is 8.14. The standard InChI is InChI=1S/C16H23N5O3/c1-11(2)21-10-13(8-14(21)22)20-16(24)19-7-6-18-15(23)12-4-3-5-17-9-12/h3-5,9,11,13H,6-8,10H2,1-2H3,(H,18,23)(H2,19,20,24)/t13-/m0/s1. The zero-order valence-electron chi connectivity index (χ0n) is 13.9. The molecule has 1 aliphatic rings. The van der Waals surface area contributed by atoms with Gasteiger partial charge in [0.2, 0.25) is 5.91 Å². The van der Waals surface area contributed by atoms with Crippen molar-refractivity contribution in [2.75, 3.05) is 19.6 Å². The molecular weight excluding hydrogens is 310 g/mol. The molecule has 0 bridgehead atoms. The van der Waals surface area contributed by atoms with Gasteiger partial charge in [0.25, 0.3) is 5.91 Å². The van der Waals surface area contributed by atoms with E-state index in [1.807, 2.05) is 13.8 Å². The van der Waals surface area contributed by atoms with Crippen LogP contribution in [0.4, 0.5) is 4.79 Å². The smallest absolute Gasteiger partial charge is 0.315 e. The Labute approximate surface area is 141 Å². The second-order valence-corrected chi connectivity index (χ2v) is 5.94. The van der Waals surface area contributed by atoms with Crippen LogP contribution >= 0.6 is 0 Å². The van der Waals surface area contributed by atoms with E-state index in [0.29, 0.717) is 31.6 Å². The monoisotopic (exact) mass is 333 g/mol. The normalized spacial score (nSPS) is 17.0. The third-order valence-electron chi connectivity index (χ3n) is 3.74. The first-order valence-corrected chi connectivity index (χ1v) is 7.99. The average Bonchev–Trinajstić information content (AvgIpc) is 2.92. The summed E-state index contributed by atoms with van der Waals surface area (Å²) >= 11 is 0. The number of carbonyl (C=O) groups excluding carboxylic acids is 3. The molecule has 0 aliphatic carbocycles. The molecule has 2 rings (SSSR count). The Bertz CT molecular complexity index is 591. The van der Waals surface area contributed by atoms with Crippen LogP contribution in [0.25, 0.3) is 0 Å². The molecule has 0 saturated carbocycles. The molecule has 1 aromatic heterocycles. The van der Waals surface area contributed by atoms with Crippen molar-refractivity contribution in [1.29, 1.82) is 0 Å². The second-order valence-electron chi connectivity index (χ2n) is 5.94. The van der Waals surface area contributed by atoms with Gasteiger partial charge in [-0.25, -0.2) is 4.79 Å². The molecule has 24 heavy (non-hydrogen) atoms. The Kier molecular flexibility index (Phi) is 6.11. The number of nitrogens with one attached hydrogen (secondary N) is 3. The van der Waals surface area contributed by atoms with Crippen molar-refractivity contribution >= 4 is 17.8 Å². The molecule has 8 nitrogen and oxygen atoms in total. The van der Waals surface area contributed by atoms with E-state index in [1.165, 1.54) is 6.20 Å². The Balaban J connectivity index is 1.64. The second kappa shape index (κ2) is 8.28. The van der Waals surface area contributed by atoms with Crippen molar-refractivity contribution < 1.29 is 14.4 Å². The Hall–Kier alpha value is -2.64. The minimum Gasteiger partial charge on any atom is -0.350 e. The molecule has 2 heterocycles. The van der Waals surface area contributed by atoms with Crippen LogP contribution in [0.15, 0.2) is 24.5 Å². The van der Waals surface area contributed by atoms with Gasteiger partial charge in [-0.3, -0.25) is 14.6 Å². The first-order valence-electron chi connectivity index (χ1n) is 7.99. The summed E-state index contributed by atoms with van der Waals surface area (Å²) in [5.74, 6) is -0.182. The van der Waals surface area contributed by atoms with Gasteiger partial charge < -0.3 is 20.9 Å². The first-order chi connectivity index (χ1) is 11.5. The molecule has 1 aromatic rings. The summed E-state index contributed by atoms with van der Waals surface area (Å²) in [6, 6.07) is 2.97. The molecule has 130 valence electrons. The number of hydrogen-bond donors (Lipinski definition) is 3. The molecule has 1 aliphatic heterocycles.